The van der Waals surface area contributed by atoms with Crippen LogP contribution in [-0.2, 0) is 14.8 Å². The van der Waals surface area contributed by atoms with Crippen molar-refractivity contribution in [3.05, 3.63) is 24.0 Å². The number of halogens is 1. The first kappa shape index (κ1) is 14.2. The van der Waals surface area contributed by atoms with Gasteiger partial charge in [0.25, 0.3) is 0 Å². The Hall–Kier alpha value is -1.18. The summed E-state index contributed by atoms with van der Waals surface area (Å²) in [6.07, 6.45) is 1.67. The van der Waals surface area contributed by atoms with Gasteiger partial charge in [-0.05, 0) is 31.0 Å². The van der Waals surface area contributed by atoms with Crippen molar-refractivity contribution in [3.63, 3.8) is 0 Å². The lowest BCUT2D eigenvalue weighted by molar-refractivity contribution is 0.177. The Morgan fingerprint density at radius 2 is 2.16 bits per heavy atom. The number of sulfonamides is 1. The fourth-order valence-electron chi connectivity index (χ4n) is 1.85. The number of benzene rings is 1. The molecule has 7 heteroatoms. The third-order valence-electron chi connectivity index (χ3n) is 3.05. The third-order valence-corrected chi connectivity index (χ3v) is 5.00. The zero-order valence-corrected chi connectivity index (χ0v) is 11.5. The highest BCUT2D eigenvalue weighted by Gasteiger charge is 2.37. The first-order valence-corrected chi connectivity index (χ1v) is 7.46. The van der Waals surface area contributed by atoms with Crippen molar-refractivity contribution in [2.75, 3.05) is 26.0 Å². The molecule has 106 valence electrons. The van der Waals surface area contributed by atoms with Gasteiger partial charge in [0.15, 0.2) is 0 Å². The smallest absolute Gasteiger partial charge is 0.243 e. The quantitative estimate of drug-likeness (QED) is 0.799. The number of anilines is 1. The van der Waals surface area contributed by atoms with Crippen LogP contribution < -0.4 is 5.73 Å². The van der Waals surface area contributed by atoms with E-state index in [0.29, 0.717) is 6.61 Å². The highest BCUT2D eigenvalue weighted by molar-refractivity contribution is 7.89. The molecule has 0 amide bonds. The minimum atomic E-state index is -3.69. The molecular formula is C12H17FN2O3S. The second kappa shape index (κ2) is 5.44. The summed E-state index contributed by atoms with van der Waals surface area (Å²) in [5, 5.41) is 0. The first-order valence-electron chi connectivity index (χ1n) is 6.02. The maximum absolute atomic E-state index is 13.4. The van der Waals surface area contributed by atoms with Gasteiger partial charge in [-0.3, -0.25) is 0 Å². The molecule has 2 N–H and O–H groups in total. The molecule has 19 heavy (non-hydrogen) atoms. The fourth-order valence-corrected chi connectivity index (χ4v) is 3.53. The molecule has 1 aliphatic carbocycles. The van der Waals surface area contributed by atoms with Crippen molar-refractivity contribution in [1.82, 2.24) is 4.31 Å². The second-order valence-electron chi connectivity index (χ2n) is 4.52. The lowest BCUT2D eigenvalue weighted by atomic mass is 10.3. The van der Waals surface area contributed by atoms with E-state index in [1.54, 1.807) is 0 Å². The monoisotopic (exact) mass is 288 g/mol. The molecule has 0 unspecified atom stereocenters. The molecule has 0 spiro atoms. The maximum Gasteiger partial charge on any atom is 0.243 e. The van der Waals surface area contributed by atoms with Gasteiger partial charge in [-0.15, -0.1) is 0 Å². The minimum Gasteiger partial charge on any atom is -0.396 e. The number of nitrogens with two attached hydrogens (primary N) is 1. The van der Waals surface area contributed by atoms with Gasteiger partial charge in [0.1, 0.15) is 5.82 Å². The largest absolute Gasteiger partial charge is 0.396 e. The van der Waals surface area contributed by atoms with Gasteiger partial charge < -0.3 is 10.5 Å². The summed E-state index contributed by atoms with van der Waals surface area (Å²) in [5.74, 6) is -0.719. The Balaban J connectivity index is 2.30. The lowest BCUT2D eigenvalue weighted by Gasteiger charge is -2.21. The van der Waals surface area contributed by atoms with Gasteiger partial charge in [0.2, 0.25) is 10.0 Å². The molecule has 5 nitrogen and oxygen atoms in total. The van der Waals surface area contributed by atoms with Crippen LogP contribution in [0.15, 0.2) is 23.1 Å². The number of hydrogen-bond donors (Lipinski definition) is 1. The Bertz CT molecular complexity index is 558. The third kappa shape index (κ3) is 3.05. The second-order valence-corrected chi connectivity index (χ2v) is 6.41. The normalized spacial score (nSPS) is 15.9. The highest BCUT2D eigenvalue weighted by Crippen LogP contribution is 2.32. The Labute approximate surface area is 112 Å². The van der Waals surface area contributed by atoms with Gasteiger partial charge in [-0.25, -0.2) is 12.8 Å². The van der Waals surface area contributed by atoms with Crippen LogP contribution in [0.3, 0.4) is 0 Å². The van der Waals surface area contributed by atoms with Crippen LogP contribution in [0.4, 0.5) is 10.1 Å². The molecule has 0 bridgehead atoms. The van der Waals surface area contributed by atoms with E-state index in [9.17, 15) is 12.8 Å². The first-order chi connectivity index (χ1) is 8.96. The number of nitrogens with zero attached hydrogens (tertiary/aromatic N) is 1. The number of rotatable bonds is 6. The molecule has 0 heterocycles. The summed E-state index contributed by atoms with van der Waals surface area (Å²) >= 11 is 0. The molecule has 0 saturated heterocycles. The molecule has 0 radical (unpaired) electrons. The van der Waals surface area contributed by atoms with Gasteiger partial charge >= 0.3 is 0 Å². The predicted molar refractivity (Wildman–Crippen MR) is 69.6 cm³/mol. The van der Waals surface area contributed by atoms with E-state index >= 15 is 0 Å². The van der Waals surface area contributed by atoms with Gasteiger partial charge in [0, 0.05) is 19.7 Å². The summed E-state index contributed by atoms with van der Waals surface area (Å²) in [4.78, 5) is -0.0674. The van der Waals surface area contributed by atoms with E-state index in [0.717, 1.165) is 18.9 Å². The topological polar surface area (TPSA) is 72.6 Å². The summed E-state index contributed by atoms with van der Waals surface area (Å²) in [5.41, 5.74) is 5.30. The van der Waals surface area contributed by atoms with E-state index in [-0.39, 0.29) is 23.2 Å². The predicted octanol–water partition coefficient (Wildman–Crippen LogP) is 1.21. The number of methoxy groups -OCH3 is 1. The standard InChI is InChI=1S/C12H17FN2O3S/c1-18-7-6-15(9-2-3-9)19(16,17)10-4-5-12(14)11(13)8-10/h4-5,8-9H,2-3,6-7,14H2,1H3. The lowest BCUT2D eigenvalue weighted by Crippen LogP contribution is -2.35. The van der Waals surface area contributed by atoms with Crippen molar-refractivity contribution in [1.29, 1.82) is 0 Å². The van der Waals surface area contributed by atoms with Crippen LogP contribution >= 0.6 is 0 Å². The maximum atomic E-state index is 13.4. The molecule has 2 rings (SSSR count). The molecule has 0 aromatic heterocycles. The van der Waals surface area contributed by atoms with Crippen LogP contribution in [0.2, 0.25) is 0 Å². The van der Waals surface area contributed by atoms with Crippen molar-refractivity contribution >= 4 is 15.7 Å². The molecule has 0 atom stereocenters. The molecule has 0 aliphatic heterocycles. The average Bonchev–Trinajstić information content (AvgIpc) is 3.17. The average molecular weight is 288 g/mol. The number of nitrogen functional groups attached to an aromatic ring is 1. The summed E-state index contributed by atoms with van der Waals surface area (Å²) in [7, 11) is -2.18. The number of hydrogen-bond acceptors (Lipinski definition) is 4. The van der Waals surface area contributed by atoms with Gasteiger partial charge in [0.05, 0.1) is 17.2 Å². The van der Waals surface area contributed by atoms with Crippen molar-refractivity contribution in [2.24, 2.45) is 0 Å². The molecule has 1 saturated carbocycles. The zero-order valence-electron chi connectivity index (χ0n) is 10.7. The SMILES string of the molecule is COCCN(C1CC1)S(=O)(=O)c1ccc(N)c(F)c1. The van der Waals surface area contributed by atoms with Crippen LogP contribution in [-0.4, -0.2) is 39.0 Å². The van der Waals surface area contributed by atoms with Crippen molar-refractivity contribution in [2.45, 2.75) is 23.8 Å². The zero-order chi connectivity index (χ0) is 14.0. The summed E-state index contributed by atoms with van der Waals surface area (Å²) < 4.78 is 44.6. The van der Waals surface area contributed by atoms with Crippen molar-refractivity contribution in [3.8, 4) is 0 Å². The highest BCUT2D eigenvalue weighted by atomic mass is 32.2. The van der Waals surface area contributed by atoms with Crippen LogP contribution in [0.1, 0.15) is 12.8 Å². The Morgan fingerprint density at radius 1 is 1.47 bits per heavy atom. The molecule has 1 aliphatic rings. The van der Waals surface area contributed by atoms with E-state index in [1.807, 2.05) is 0 Å². The fraction of sp³-hybridized carbons (Fsp3) is 0.500. The van der Waals surface area contributed by atoms with E-state index < -0.39 is 15.8 Å². The summed E-state index contributed by atoms with van der Waals surface area (Å²) in [6.45, 7) is 0.586. The van der Waals surface area contributed by atoms with E-state index in [4.69, 9.17) is 10.5 Å². The number of ether oxygens (including phenoxy) is 1. The molecule has 1 aromatic rings. The molecule has 1 aromatic carbocycles. The molecule has 1 fully saturated rings. The van der Waals surface area contributed by atoms with Crippen LogP contribution in [0, 0.1) is 5.82 Å². The Kier molecular flexibility index (Phi) is 4.07. The summed E-state index contributed by atoms with van der Waals surface area (Å²) in [6, 6.07) is 3.56. The minimum absolute atomic E-state index is 0.000708. The van der Waals surface area contributed by atoms with E-state index in [2.05, 4.69) is 0 Å². The molecular weight excluding hydrogens is 271 g/mol. The van der Waals surface area contributed by atoms with Gasteiger partial charge in [-0.1, -0.05) is 0 Å². The van der Waals surface area contributed by atoms with Crippen molar-refractivity contribution < 1.29 is 17.5 Å². The Morgan fingerprint density at radius 3 is 2.68 bits per heavy atom. The van der Waals surface area contributed by atoms with Gasteiger partial charge in [-0.2, -0.15) is 4.31 Å². The van der Waals surface area contributed by atoms with Crippen LogP contribution in [0.25, 0.3) is 0 Å². The van der Waals surface area contributed by atoms with Crippen LogP contribution in [0.5, 0.6) is 0 Å². The van der Waals surface area contributed by atoms with E-state index in [1.165, 1.54) is 23.5 Å².